The van der Waals surface area contributed by atoms with Gasteiger partial charge in [-0.2, -0.15) is 0 Å². The molecule has 0 saturated carbocycles. The Bertz CT molecular complexity index is 1230. The quantitative estimate of drug-likeness (QED) is 0.204. The summed E-state index contributed by atoms with van der Waals surface area (Å²) in [7, 11) is 0. The van der Waals surface area contributed by atoms with Gasteiger partial charge in [0.15, 0.2) is 0 Å². The number of carbonyl (C=O) groups excluding carboxylic acids is 2. The average molecular weight is 492 g/mol. The minimum absolute atomic E-state index is 0.236. The van der Waals surface area contributed by atoms with Gasteiger partial charge in [-0.3, -0.25) is 4.79 Å². The summed E-state index contributed by atoms with van der Waals surface area (Å²) in [4.78, 5) is 25.0. The van der Waals surface area contributed by atoms with Crippen molar-refractivity contribution in [1.82, 2.24) is 5.32 Å². The molecule has 0 bridgehead atoms. The fraction of sp³-hybridized carbons (Fsp3) is 0.212. The van der Waals surface area contributed by atoms with Gasteiger partial charge < -0.3 is 10.1 Å². The zero-order valence-corrected chi connectivity index (χ0v) is 21.7. The minimum atomic E-state index is -1.21. The summed E-state index contributed by atoms with van der Waals surface area (Å²) >= 11 is 0. The highest BCUT2D eigenvalue weighted by Crippen LogP contribution is 2.26. The molecule has 0 heterocycles. The summed E-state index contributed by atoms with van der Waals surface area (Å²) in [6.07, 6.45) is 1.23. The van der Waals surface area contributed by atoms with Crippen molar-refractivity contribution in [2.75, 3.05) is 6.61 Å². The van der Waals surface area contributed by atoms with Crippen LogP contribution >= 0.6 is 0 Å². The van der Waals surface area contributed by atoms with Crippen LogP contribution in [0.25, 0.3) is 22.3 Å². The molecule has 0 spiro atoms. The first-order chi connectivity index (χ1) is 17.9. The van der Waals surface area contributed by atoms with E-state index in [2.05, 4.69) is 67.7 Å². The number of esters is 1. The number of hydrogen-bond acceptors (Lipinski definition) is 3. The standard InChI is InChI=1S/C33H33NO3/c1-4-37-32(36)33(34-23-35,21-26-9-17-30(18-10-26)28-13-5-24(2)6-14-28)22-27-11-19-31(20-12-27)29-15-7-25(3)8-16-29/h5-20,23H,4,21-22H2,1-3H3,(H,34,35). The van der Waals surface area contributed by atoms with Gasteiger partial charge in [-0.1, -0.05) is 108 Å². The first-order valence-electron chi connectivity index (χ1n) is 12.6. The molecule has 0 radical (unpaired) electrons. The topological polar surface area (TPSA) is 55.4 Å². The number of hydrogen-bond donors (Lipinski definition) is 1. The summed E-state index contributed by atoms with van der Waals surface area (Å²) in [5.74, 6) is -0.438. The van der Waals surface area contributed by atoms with E-state index >= 15 is 0 Å². The number of aryl methyl sites for hydroxylation is 2. The van der Waals surface area contributed by atoms with Crippen molar-refractivity contribution < 1.29 is 14.3 Å². The lowest BCUT2D eigenvalue weighted by molar-refractivity contribution is -0.152. The Morgan fingerprint density at radius 2 is 1.03 bits per heavy atom. The van der Waals surface area contributed by atoms with Gasteiger partial charge in [-0.25, -0.2) is 4.79 Å². The number of ether oxygens (including phenoxy) is 1. The molecule has 0 aliphatic carbocycles. The van der Waals surface area contributed by atoms with Crippen molar-refractivity contribution in [3.8, 4) is 22.3 Å². The van der Waals surface area contributed by atoms with Crippen molar-refractivity contribution >= 4 is 12.4 Å². The van der Waals surface area contributed by atoms with E-state index in [0.717, 1.165) is 33.4 Å². The third-order valence-electron chi connectivity index (χ3n) is 6.69. The van der Waals surface area contributed by atoms with Crippen LogP contribution in [-0.2, 0) is 27.2 Å². The molecule has 0 aliphatic rings. The summed E-state index contributed by atoms with van der Waals surface area (Å²) in [6.45, 7) is 6.14. The molecule has 188 valence electrons. The first kappa shape index (κ1) is 25.9. The van der Waals surface area contributed by atoms with E-state index in [4.69, 9.17) is 4.74 Å². The number of rotatable bonds is 10. The van der Waals surface area contributed by atoms with Gasteiger partial charge in [0.25, 0.3) is 0 Å². The van der Waals surface area contributed by atoms with E-state index in [-0.39, 0.29) is 6.61 Å². The van der Waals surface area contributed by atoms with Crippen LogP contribution in [0.4, 0.5) is 0 Å². The Kier molecular flexibility index (Phi) is 8.19. The van der Waals surface area contributed by atoms with Gasteiger partial charge in [0, 0.05) is 12.8 Å². The summed E-state index contributed by atoms with van der Waals surface area (Å²) in [5.41, 5.74) is 7.55. The van der Waals surface area contributed by atoms with Crippen LogP contribution in [0.2, 0.25) is 0 Å². The molecule has 1 N–H and O–H groups in total. The summed E-state index contributed by atoms with van der Waals surface area (Å²) in [5, 5.41) is 2.83. The van der Waals surface area contributed by atoms with Crippen molar-refractivity contribution in [2.45, 2.75) is 39.2 Å². The average Bonchev–Trinajstić information content (AvgIpc) is 2.91. The smallest absolute Gasteiger partial charge is 0.332 e. The van der Waals surface area contributed by atoms with Crippen molar-refractivity contribution in [2.24, 2.45) is 0 Å². The highest BCUT2D eigenvalue weighted by Gasteiger charge is 2.40. The monoisotopic (exact) mass is 491 g/mol. The third-order valence-corrected chi connectivity index (χ3v) is 6.69. The maximum absolute atomic E-state index is 13.3. The zero-order chi connectivity index (χ0) is 26.3. The van der Waals surface area contributed by atoms with Crippen LogP contribution in [0.3, 0.4) is 0 Å². The lowest BCUT2D eigenvalue weighted by Crippen LogP contribution is -2.56. The number of nitrogens with one attached hydrogen (secondary N) is 1. The van der Waals surface area contributed by atoms with Crippen molar-refractivity contribution in [3.05, 3.63) is 119 Å². The highest BCUT2D eigenvalue weighted by molar-refractivity contribution is 5.84. The Hall–Kier alpha value is -4.18. The van der Waals surface area contributed by atoms with Crippen LogP contribution in [-0.4, -0.2) is 24.5 Å². The number of amides is 1. The lowest BCUT2D eigenvalue weighted by Gasteiger charge is -2.31. The molecule has 0 fully saturated rings. The largest absolute Gasteiger partial charge is 0.464 e. The van der Waals surface area contributed by atoms with E-state index in [1.807, 2.05) is 48.5 Å². The Labute approximate surface area is 219 Å². The molecule has 4 aromatic carbocycles. The molecule has 0 aliphatic heterocycles. The summed E-state index contributed by atoms with van der Waals surface area (Å²) in [6, 6.07) is 33.0. The van der Waals surface area contributed by atoms with Crippen molar-refractivity contribution in [3.63, 3.8) is 0 Å². The second-order valence-electron chi connectivity index (χ2n) is 9.54. The molecule has 4 rings (SSSR count). The molecular formula is C33H33NO3. The van der Waals surface area contributed by atoms with Crippen LogP contribution < -0.4 is 5.32 Å². The van der Waals surface area contributed by atoms with Gasteiger partial charge >= 0.3 is 5.97 Å². The van der Waals surface area contributed by atoms with Crippen LogP contribution in [0, 0.1) is 13.8 Å². The highest BCUT2D eigenvalue weighted by atomic mass is 16.5. The van der Waals surface area contributed by atoms with E-state index in [0.29, 0.717) is 19.3 Å². The van der Waals surface area contributed by atoms with Gasteiger partial charge in [0.1, 0.15) is 5.54 Å². The van der Waals surface area contributed by atoms with Crippen LogP contribution in [0.5, 0.6) is 0 Å². The number of benzene rings is 4. The predicted molar refractivity (Wildman–Crippen MR) is 149 cm³/mol. The predicted octanol–water partition coefficient (Wildman–Crippen LogP) is 6.47. The molecular weight excluding hydrogens is 458 g/mol. The number of carbonyl (C=O) groups is 2. The van der Waals surface area contributed by atoms with Gasteiger partial charge in [0.2, 0.25) is 6.41 Å². The van der Waals surface area contributed by atoms with Crippen LogP contribution in [0.1, 0.15) is 29.2 Å². The molecule has 4 nitrogen and oxygen atoms in total. The van der Waals surface area contributed by atoms with Gasteiger partial charge in [0.05, 0.1) is 6.61 Å². The molecule has 4 heteroatoms. The molecule has 1 amide bonds. The first-order valence-corrected chi connectivity index (χ1v) is 12.6. The Morgan fingerprint density at radius 3 is 1.35 bits per heavy atom. The Morgan fingerprint density at radius 1 is 0.676 bits per heavy atom. The minimum Gasteiger partial charge on any atom is -0.464 e. The van der Waals surface area contributed by atoms with Crippen molar-refractivity contribution in [1.29, 1.82) is 0 Å². The SMILES string of the molecule is CCOC(=O)C(Cc1ccc(-c2ccc(C)cc2)cc1)(Cc1ccc(-c2ccc(C)cc2)cc1)NC=O. The fourth-order valence-electron chi connectivity index (χ4n) is 4.57. The lowest BCUT2D eigenvalue weighted by atomic mass is 9.84. The molecule has 37 heavy (non-hydrogen) atoms. The fourth-order valence-corrected chi connectivity index (χ4v) is 4.57. The Balaban J connectivity index is 1.60. The molecule has 0 unspecified atom stereocenters. The molecule has 0 saturated heterocycles. The van der Waals surface area contributed by atoms with Gasteiger partial charge in [-0.15, -0.1) is 0 Å². The maximum Gasteiger partial charge on any atom is 0.332 e. The second kappa shape index (κ2) is 11.7. The maximum atomic E-state index is 13.3. The van der Waals surface area contributed by atoms with E-state index in [1.165, 1.54) is 11.1 Å². The second-order valence-corrected chi connectivity index (χ2v) is 9.54. The third kappa shape index (κ3) is 6.34. The van der Waals surface area contributed by atoms with E-state index in [9.17, 15) is 9.59 Å². The molecule has 0 aromatic heterocycles. The van der Waals surface area contributed by atoms with Crippen LogP contribution in [0.15, 0.2) is 97.1 Å². The molecule has 0 atom stereocenters. The van der Waals surface area contributed by atoms with E-state index < -0.39 is 11.5 Å². The summed E-state index contributed by atoms with van der Waals surface area (Å²) < 4.78 is 5.45. The molecule has 4 aromatic rings. The normalized spacial score (nSPS) is 11.1. The van der Waals surface area contributed by atoms with Gasteiger partial charge in [-0.05, 0) is 54.2 Å². The van der Waals surface area contributed by atoms with E-state index in [1.54, 1.807) is 6.92 Å². The zero-order valence-electron chi connectivity index (χ0n) is 21.7.